The molecule has 0 bridgehead atoms. The summed E-state index contributed by atoms with van der Waals surface area (Å²) in [5.41, 5.74) is 2.95. The van der Waals surface area contributed by atoms with Crippen molar-refractivity contribution in [2.24, 2.45) is 11.1 Å². The van der Waals surface area contributed by atoms with Crippen LogP contribution in [0.1, 0.15) is 20.8 Å². The van der Waals surface area contributed by atoms with Crippen LogP contribution in [0.5, 0.6) is 0 Å². The lowest BCUT2D eigenvalue weighted by Crippen LogP contribution is -2.49. The topological polar surface area (TPSA) is 52.3 Å². The van der Waals surface area contributed by atoms with E-state index in [1.807, 2.05) is 0 Å². The zero-order valence-corrected chi connectivity index (χ0v) is 7.61. The van der Waals surface area contributed by atoms with Crippen molar-refractivity contribution in [3.8, 4) is 0 Å². The Hall–Kier alpha value is -0.940. The number of amides is 1. The van der Waals surface area contributed by atoms with Crippen molar-refractivity contribution in [1.82, 2.24) is 0 Å². The lowest BCUT2D eigenvalue weighted by molar-refractivity contribution is -0.240. The number of ether oxygens (including phenoxy) is 1. The second-order valence-electron chi connectivity index (χ2n) is 3.62. The zero-order chi connectivity index (χ0) is 10.9. The van der Waals surface area contributed by atoms with Crippen LogP contribution >= 0.6 is 0 Å². The van der Waals surface area contributed by atoms with Crippen LogP contribution in [0.2, 0.25) is 0 Å². The summed E-state index contributed by atoms with van der Waals surface area (Å²) in [6.07, 6.45) is -4.99. The van der Waals surface area contributed by atoms with E-state index < -0.39 is 23.8 Å². The maximum absolute atomic E-state index is 13.4. The van der Waals surface area contributed by atoms with E-state index in [4.69, 9.17) is 0 Å². The van der Waals surface area contributed by atoms with E-state index in [-0.39, 0.29) is 0 Å². The van der Waals surface area contributed by atoms with Gasteiger partial charge in [0.15, 0.2) is 0 Å². The lowest BCUT2D eigenvalue weighted by atomic mass is 9.87. The molecular weight excluding hydrogens is 187 g/mol. The standard InChI is InChI=1S/C7H12F3NO2/c1-6(2,3)7(10,4(8)9)13-5(11)12/h4H,1-3H3,(H2,11,12). The summed E-state index contributed by atoms with van der Waals surface area (Å²) in [4.78, 5) is 10.2. The van der Waals surface area contributed by atoms with Gasteiger partial charge in [0.25, 0.3) is 0 Å². The zero-order valence-electron chi connectivity index (χ0n) is 7.61. The normalized spacial score (nSPS) is 16.8. The lowest BCUT2D eigenvalue weighted by Gasteiger charge is -2.35. The summed E-state index contributed by atoms with van der Waals surface area (Å²) >= 11 is 0. The van der Waals surface area contributed by atoms with Crippen LogP contribution in [0.25, 0.3) is 0 Å². The third kappa shape index (κ3) is 2.50. The molecule has 0 spiro atoms. The fourth-order valence-corrected chi connectivity index (χ4v) is 0.671. The highest BCUT2D eigenvalue weighted by atomic mass is 19.3. The number of carbonyl (C=O) groups excluding carboxylic acids is 1. The molecule has 0 rings (SSSR count). The van der Waals surface area contributed by atoms with Crippen molar-refractivity contribution in [3.63, 3.8) is 0 Å². The van der Waals surface area contributed by atoms with Crippen molar-refractivity contribution < 1.29 is 22.7 Å². The number of hydrogen-bond acceptors (Lipinski definition) is 2. The van der Waals surface area contributed by atoms with E-state index in [0.29, 0.717) is 0 Å². The molecule has 0 aliphatic heterocycles. The molecule has 1 amide bonds. The summed E-state index contributed by atoms with van der Waals surface area (Å²) in [5.74, 6) is -3.35. The summed E-state index contributed by atoms with van der Waals surface area (Å²) in [5, 5.41) is 0. The summed E-state index contributed by atoms with van der Waals surface area (Å²) in [6, 6.07) is 0. The number of alkyl halides is 3. The fraction of sp³-hybridized carbons (Fsp3) is 0.857. The Morgan fingerprint density at radius 1 is 1.38 bits per heavy atom. The van der Waals surface area contributed by atoms with Gasteiger partial charge in [-0.15, -0.1) is 0 Å². The minimum absolute atomic E-state index is 1.18. The van der Waals surface area contributed by atoms with Gasteiger partial charge in [0.05, 0.1) is 0 Å². The summed E-state index contributed by atoms with van der Waals surface area (Å²) in [7, 11) is 0. The maximum atomic E-state index is 13.4. The van der Waals surface area contributed by atoms with Crippen molar-refractivity contribution >= 4 is 6.09 Å². The van der Waals surface area contributed by atoms with Gasteiger partial charge in [-0.1, -0.05) is 20.8 Å². The maximum Gasteiger partial charge on any atom is 0.407 e. The van der Waals surface area contributed by atoms with E-state index in [9.17, 15) is 18.0 Å². The molecule has 13 heavy (non-hydrogen) atoms. The molecule has 0 aliphatic carbocycles. The van der Waals surface area contributed by atoms with Crippen LogP contribution < -0.4 is 5.73 Å². The Kier molecular flexibility index (Phi) is 3.18. The molecule has 0 aliphatic rings. The molecule has 0 aromatic heterocycles. The fourth-order valence-electron chi connectivity index (χ4n) is 0.671. The van der Waals surface area contributed by atoms with Crippen LogP contribution in [0.4, 0.5) is 18.0 Å². The Labute approximate surface area is 74.0 Å². The van der Waals surface area contributed by atoms with E-state index in [2.05, 4.69) is 10.5 Å². The molecule has 0 radical (unpaired) electrons. The van der Waals surface area contributed by atoms with Crippen LogP contribution in [0.15, 0.2) is 0 Å². The first-order valence-electron chi connectivity index (χ1n) is 3.57. The second kappa shape index (κ2) is 3.43. The molecule has 1 unspecified atom stereocenters. The van der Waals surface area contributed by atoms with E-state index >= 15 is 0 Å². The number of carbonyl (C=O) groups is 1. The molecule has 78 valence electrons. The molecule has 0 aromatic carbocycles. The van der Waals surface area contributed by atoms with E-state index in [0.717, 1.165) is 0 Å². The Bertz CT molecular complexity index is 202. The molecule has 1 atom stereocenters. The van der Waals surface area contributed by atoms with E-state index in [1.165, 1.54) is 20.8 Å². The Balaban J connectivity index is 4.85. The predicted octanol–water partition coefficient (Wildman–Crippen LogP) is 2.06. The number of rotatable bonds is 2. The predicted molar refractivity (Wildman–Crippen MR) is 40.0 cm³/mol. The SMILES string of the molecule is CC(C)(C)C(F)(OC(N)=O)C(F)F. The van der Waals surface area contributed by atoms with Gasteiger partial charge in [0.2, 0.25) is 0 Å². The number of halogens is 3. The molecule has 0 saturated carbocycles. The van der Waals surface area contributed by atoms with Gasteiger partial charge in [-0.2, -0.15) is 4.39 Å². The molecule has 0 heterocycles. The average molecular weight is 199 g/mol. The second-order valence-corrected chi connectivity index (χ2v) is 3.62. The molecule has 0 fully saturated rings. The quantitative estimate of drug-likeness (QED) is 0.740. The van der Waals surface area contributed by atoms with E-state index in [1.54, 1.807) is 0 Å². The monoisotopic (exact) mass is 199 g/mol. The van der Waals surface area contributed by atoms with Gasteiger partial charge in [0.1, 0.15) is 0 Å². The number of nitrogens with two attached hydrogens (primary N) is 1. The van der Waals surface area contributed by atoms with Crippen LogP contribution in [0, 0.1) is 5.41 Å². The largest absolute Gasteiger partial charge is 0.407 e. The third-order valence-electron chi connectivity index (χ3n) is 1.55. The van der Waals surface area contributed by atoms with Gasteiger partial charge < -0.3 is 10.5 Å². The summed E-state index contributed by atoms with van der Waals surface area (Å²) < 4.78 is 41.6. The molecule has 3 nitrogen and oxygen atoms in total. The highest BCUT2D eigenvalue weighted by Crippen LogP contribution is 2.40. The van der Waals surface area contributed by atoms with Crippen LogP contribution in [-0.2, 0) is 4.74 Å². The third-order valence-corrected chi connectivity index (χ3v) is 1.55. The van der Waals surface area contributed by atoms with Crippen molar-refractivity contribution in [1.29, 1.82) is 0 Å². The molecule has 2 N–H and O–H groups in total. The highest BCUT2D eigenvalue weighted by molar-refractivity contribution is 5.65. The average Bonchev–Trinajstić information content (AvgIpc) is 1.82. The minimum atomic E-state index is -3.43. The Morgan fingerprint density at radius 3 is 1.85 bits per heavy atom. The molecular formula is C7H12F3NO2. The van der Waals surface area contributed by atoms with Gasteiger partial charge in [-0.25, -0.2) is 13.6 Å². The van der Waals surface area contributed by atoms with Gasteiger partial charge in [0, 0.05) is 5.41 Å². The molecule has 0 aromatic rings. The Morgan fingerprint density at radius 2 is 1.77 bits per heavy atom. The number of primary amides is 1. The van der Waals surface area contributed by atoms with Crippen LogP contribution in [0.3, 0.4) is 0 Å². The molecule has 0 saturated heterocycles. The van der Waals surface area contributed by atoms with Crippen molar-refractivity contribution in [2.45, 2.75) is 33.1 Å². The molecule has 6 heteroatoms. The van der Waals surface area contributed by atoms with Crippen molar-refractivity contribution in [3.05, 3.63) is 0 Å². The van der Waals surface area contributed by atoms with Gasteiger partial charge in [-0.05, 0) is 0 Å². The van der Waals surface area contributed by atoms with Crippen molar-refractivity contribution in [2.75, 3.05) is 0 Å². The first-order valence-corrected chi connectivity index (χ1v) is 3.57. The number of hydrogen-bond donors (Lipinski definition) is 1. The highest BCUT2D eigenvalue weighted by Gasteiger charge is 2.54. The van der Waals surface area contributed by atoms with Gasteiger partial charge >= 0.3 is 18.4 Å². The van der Waals surface area contributed by atoms with Gasteiger partial charge in [-0.3, -0.25) is 0 Å². The van der Waals surface area contributed by atoms with Crippen LogP contribution in [-0.4, -0.2) is 18.4 Å². The summed E-state index contributed by atoms with van der Waals surface area (Å²) in [6.45, 7) is 3.55. The smallest absolute Gasteiger partial charge is 0.406 e. The minimum Gasteiger partial charge on any atom is -0.406 e. The first-order chi connectivity index (χ1) is 5.61. The first kappa shape index (κ1) is 12.1.